The molecule has 278 valence electrons. The van der Waals surface area contributed by atoms with Gasteiger partial charge in [-0.25, -0.2) is 0 Å². The van der Waals surface area contributed by atoms with Gasteiger partial charge in [0.05, 0.1) is 0 Å². The number of hydrogen-bond donors (Lipinski definition) is 0. The van der Waals surface area contributed by atoms with Gasteiger partial charge in [-0.15, -0.1) is 0 Å². The maximum absolute atomic E-state index is 15.5. The van der Waals surface area contributed by atoms with E-state index in [4.69, 9.17) is 13.0 Å². The fourth-order valence-corrected chi connectivity index (χ4v) is 21.7. The van der Waals surface area contributed by atoms with Crippen molar-refractivity contribution >= 4 is 66.5 Å². The van der Waals surface area contributed by atoms with E-state index in [1.165, 1.54) is 0 Å². The summed E-state index contributed by atoms with van der Waals surface area (Å²) in [6.07, 6.45) is 0. The standard InChI is InChI=1S/C48H40O5P2S/c49-56(50,53-55(45-33-17-5-18-34-45,46-35-19-6-20-36-46,47-37-21-7-22-38-47)48-39-23-8-24-40-48)52-51-54(41-25-9-1-10-26-41,42-27-11-2-12-28-42,43-29-13-3-14-30-43)44-31-15-4-16-32-44/h1-40H. The Bertz CT molecular complexity index is 2280. The third-order valence-electron chi connectivity index (χ3n) is 10.5. The van der Waals surface area contributed by atoms with Gasteiger partial charge >= 0.3 is 331 Å². The molecule has 8 heteroatoms. The van der Waals surface area contributed by atoms with E-state index in [0.717, 1.165) is 21.2 Å². The van der Waals surface area contributed by atoms with Crippen LogP contribution in [0, 0.1) is 0 Å². The topological polar surface area (TPSA) is 61.8 Å². The van der Waals surface area contributed by atoms with Crippen molar-refractivity contribution < 1.29 is 21.4 Å². The second-order valence-corrected chi connectivity index (χ2v) is 23.4. The van der Waals surface area contributed by atoms with Crippen molar-refractivity contribution in [1.82, 2.24) is 0 Å². The molecule has 0 aliphatic carbocycles. The van der Waals surface area contributed by atoms with Gasteiger partial charge in [0.1, 0.15) is 0 Å². The van der Waals surface area contributed by atoms with Crippen LogP contribution in [-0.4, -0.2) is 8.42 Å². The van der Waals surface area contributed by atoms with E-state index in [9.17, 15) is 0 Å². The number of rotatable bonds is 13. The second-order valence-electron chi connectivity index (χ2n) is 13.4. The molecule has 0 aromatic heterocycles. The predicted molar refractivity (Wildman–Crippen MR) is 235 cm³/mol. The van der Waals surface area contributed by atoms with Crippen molar-refractivity contribution in [3.8, 4) is 0 Å². The van der Waals surface area contributed by atoms with Gasteiger partial charge in [-0.05, 0) is 0 Å². The third-order valence-corrected chi connectivity index (χ3v) is 23.4. The Hall–Kier alpha value is -5.55. The average molecular weight is 791 g/mol. The molecule has 5 nitrogen and oxygen atoms in total. The molecule has 0 heterocycles. The number of hydrogen-bond acceptors (Lipinski definition) is 5. The zero-order chi connectivity index (χ0) is 38.4. The molecular formula is C48H40O5P2S. The summed E-state index contributed by atoms with van der Waals surface area (Å²) in [4.78, 5) is 0. The van der Waals surface area contributed by atoms with Gasteiger partial charge in [0.2, 0.25) is 0 Å². The van der Waals surface area contributed by atoms with Crippen molar-refractivity contribution in [2.45, 2.75) is 0 Å². The summed E-state index contributed by atoms with van der Waals surface area (Å²) in [6.45, 7) is -9.34. The molecule has 0 N–H and O–H groups in total. The van der Waals surface area contributed by atoms with Gasteiger partial charge in [-0.1, -0.05) is 0 Å². The molecule has 0 saturated heterocycles. The van der Waals surface area contributed by atoms with Crippen molar-refractivity contribution in [1.29, 1.82) is 0 Å². The summed E-state index contributed by atoms with van der Waals surface area (Å²) in [5.74, 6) is 0. The SMILES string of the molecule is O=S(=O)(OOP(c1ccccc1)(c1ccccc1)(c1ccccc1)c1ccccc1)OP(c1ccccc1)(c1ccccc1)(c1ccccc1)c1ccccc1. The normalized spacial score (nSPS) is 13.4. The van der Waals surface area contributed by atoms with E-state index in [1.54, 1.807) is 0 Å². The van der Waals surface area contributed by atoms with Crippen LogP contribution in [0.25, 0.3) is 0 Å². The van der Waals surface area contributed by atoms with E-state index >= 15 is 8.42 Å². The Morgan fingerprint density at radius 2 is 0.446 bits per heavy atom. The molecule has 0 spiro atoms. The first-order valence-electron chi connectivity index (χ1n) is 18.3. The van der Waals surface area contributed by atoms with E-state index in [-0.39, 0.29) is 0 Å². The van der Waals surface area contributed by atoms with E-state index in [2.05, 4.69) is 0 Å². The summed E-state index contributed by atoms with van der Waals surface area (Å²) in [6, 6.07) is 77.3. The molecule has 0 amide bonds. The van der Waals surface area contributed by atoms with Gasteiger partial charge in [0.15, 0.2) is 0 Å². The van der Waals surface area contributed by atoms with Crippen LogP contribution in [-0.2, 0) is 23.4 Å². The Morgan fingerprint density at radius 1 is 0.268 bits per heavy atom. The Balaban J connectivity index is 1.45. The van der Waals surface area contributed by atoms with Crippen LogP contribution >= 0.6 is 13.7 Å². The Kier molecular flexibility index (Phi) is 10.1. The predicted octanol–water partition coefficient (Wildman–Crippen LogP) is 7.74. The fraction of sp³-hybridized carbons (Fsp3) is 0. The summed E-state index contributed by atoms with van der Waals surface area (Å²) in [5, 5.41) is 5.65. The van der Waals surface area contributed by atoms with Crippen LogP contribution in [0.1, 0.15) is 0 Å². The van der Waals surface area contributed by atoms with Crippen LogP contribution in [0.4, 0.5) is 0 Å². The maximum atomic E-state index is 15.5. The van der Waals surface area contributed by atoms with Crippen LogP contribution in [0.3, 0.4) is 0 Å². The molecule has 8 aromatic rings. The van der Waals surface area contributed by atoms with Crippen LogP contribution in [0.2, 0.25) is 0 Å². The van der Waals surface area contributed by atoms with Crippen molar-refractivity contribution in [2.75, 3.05) is 0 Å². The molecule has 8 aromatic carbocycles. The minimum absolute atomic E-state index is 0.670. The molecule has 0 fully saturated rings. The van der Waals surface area contributed by atoms with Gasteiger partial charge in [0.25, 0.3) is 0 Å². The van der Waals surface area contributed by atoms with Crippen molar-refractivity contribution in [2.24, 2.45) is 0 Å². The molecule has 0 saturated carbocycles. The molecule has 56 heavy (non-hydrogen) atoms. The van der Waals surface area contributed by atoms with Gasteiger partial charge in [0, 0.05) is 0 Å². The van der Waals surface area contributed by atoms with Gasteiger partial charge in [-0.2, -0.15) is 0 Å². The zero-order valence-electron chi connectivity index (χ0n) is 30.4. The van der Waals surface area contributed by atoms with E-state index in [1.807, 2.05) is 243 Å². The summed E-state index contributed by atoms with van der Waals surface area (Å²) < 4.78 is 51.5. The fourth-order valence-electron chi connectivity index (χ4n) is 8.13. The van der Waals surface area contributed by atoms with Crippen molar-refractivity contribution in [3.63, 3.8) is 0 Å². The number of benzene rings is 8. The molecule has 8 rings (SSSR count). The third kappa shape index (κ3) is 5.77. The van der Waals surface area contributed by atoms with Crippen LogP contribution in [0.15, 0.2) is 243 Å². The molecule has 0 unspecified atom stereocenters. The average Bonchev–Trinajstić information content (AvgIpc) is 3.29. The van der Waals surface area contributed by atoms with E-state index in [0.29, 0.717) is 21.2 Å². The van der Waals surface area contributed by atoms with Crippen LogP contribution in [0.5, 0.6) is 0 Å². The second kappa shape index (κ2) is 15.2. The first-order valence-corrected chi connectivity index (χ1v) is 23.9. The first-order chi connectivity index (χ1) is 27.4. The minimum atomic E-state index is -5.13. The Labute approximate surface area is 329 Å². The molecule has 0 bridgehead atoms. The molecular weight excluding hydrogens is 751 g/mol. The first kappa shape index (κ1) is 37.4. The quantitative estimate of drug-likeness (QED) is 0.0680. The monoisotopic (exact) mass is 790 g/mol. The summed E-state index contributed by atoms with van der Waals surface area (Å²) >= 11 is 0. The van der Waals surface area contributed by atoms with Gasteiger partial charge < -0.3 is 0 Å². The molecule has 0 atom stereocenters. The Morgan fingerprint density at radius 3 is 0.643 bits per heavy atom. The molecule has 0 radical (unpaired) electrons. The van der Waals surface area contributed by atoms with Gasteiger partial charge in [-0.3, -0.25) is 0 Å². The summed E-state index contributed by atoms with van der Waals surface area (Å²) in [7, 11) is -5.13. The van der Waals surface area contributed by atoms with Crippen LogP contribution < -0.4 is 42.4 Å². The molecule has 0 aliphatic heterocycles. The zero-order valence-corrected chi connectivity index (χ0v) is 33.0. The summed E-state index contributed by atoms with van der Waals surface area (Å²) in [5.41, 5.74) is 0. The van der Waals surface area contributed by atoms with E-state index < -0.39 is 24.1 Å². The molecule has 0 aliphatic rings. The van der Waals surface area contributed by atoms with Crippen molar-refractivity contribution in [3.05, 3.63) is 243 Å².